The number of anilines is 1. The van der Waals surface area contributed by atoms with Crippen LogP contribution in [-0.2, 0) is 9.53 Å². The van der Waals surface area contributed by atoms with E-state index >= 15 is 0 Å². The molecule has 0 spiro atoms. The fraction of sp³-hybridized carbons (Fsp3) is 0.429. The van der Waals surface area contributed by atoms with Gasteiger partial charge in [-0.25, -0.2) is 4.98 Å². The molecule has 0 aliphatic heterocycles. The van der Waals surface area contributed by atoms with E-state index < -0.39 is 0 Å². The standard InChI is InChI=1S/C14H17N3O3S/c1-9(2)20-12-6-10(8-16-19)5-11(7-12)13(18)17-14-15-3-4-21-14/h3-6,9,11H,7-8H2,1-2H3,(H,15,17,18). The van der Waals surface area contributed by atoms with Crippen LogP contribution in [0.2, 0.25) is 0 Å². The minimum atomic E-state index is -0.385. The van der Waals surface area contributed by atoms with Gasteiger partial charge in [0.15, 0.2) is 5.13 Å². The van der Waals surface area contributed by atoms with Crippen LogP contribution in [0.3, 0.4) is 0 Å². The van der Waals surface area contributed by atoms with E-state index in [-0.39, 0.29) is 24.5 Å². The van der Waals surface area contributed by atoms with Crippen LogP contribution in [0, 0.1) is 10.8 Å². The van der Waals surface area contributed by atoms with Crippen molar-refractivity contribution in [2.24, 2.45) is 11.1 Å². The molecule has 0 aromatic carbocycles. The molecule has 2 rings (SSSR count). The second kappa shape index (κ2) is 7.12. The number of allylic oxidation sites excluding steroid dienone is 1. The van der Waals surface area contributed by atoms with Crippen LogP contribution in [-0.4, -0.2) is 23.5 Å². The first-order chi connectivity index (χ1) is 10.1. The Hall–Kier alpha value is -2.02. The molecular formula is C14H17N3O3S. The SMILES string of the molecule is CC(C)OC1=CC(CN=O)=CC(C(=O)Nc2nccs2)C1. The molecule has 1 unspecified atom stereocenters. The van der Waals surface area contributed by atoms with Crippen molar-refractivity contribution in [1.29, 1.82) is 0 Å². The van der Waals surface area contributed by atoms with Gasteiger partial charge in [-0.3, -0.25) is 4.79 Å². The molecule has 0 fully saturated rings. The van der Waals surface area contributed by atoms with Gasteiger partial charge in [0.1, 0.15) is 6.54 Å². The molecule has 1 aliphatic rings. The Bertz CT molecular complexity index is 564. The molecule has 1 aliphatic carbocycles. The van der Waals surface area contributed by atoms with Gasteiger partial charge in [-0.1, -0.05) is 11.3 Å². The maximum atomic E-state index is 12.3. The van der Waals surface area contributed by atoms with Crippen LogP contribution in [0.15, 0.2) is 40.2 Å². The Kier molecular flexibility index (Phi) is 5.21. The van der Waals surface area contributed by atoms with Crippen LogP contribution in [0.4, 0.5) is 5.13 Å². The van der Waals surface area contributed by atoms with Crippen molar-refractivity contribution in [3.8, 4) is 0 Å². The summed E-state index contributed by atoms with van der Waals surface area (Å²) in [4.78, 5) is 26.8. The Morgan fingerprint density at radius 2 is 2.43 bits per heavy atom. The molecular weight excluding hydrogens is 290 g/mol. The summed E-state index contributed by atoms with van der Waals surface area (Å²) >= 11 is 1.36. The van der Waals surface area contributed by atoms with Crippen LogP contribution in [0.25, 0.3) is 0 Å². The lowest BCUT2D eigenvalue weighted by atomic mass is 9.94. The monoisotopic (exact) mass is 307 g/mol. The second-order valence-corrected chi connectivity index (χ2v) is 5.84. The first-order valence-corrected chi connectivity index (χ1v) is 7.54. The number of aromatic nitrogens is 1. The van der Waals surface area contributed by atoms with E-state index in [2.05, 4.69) is 15.5 Å². The van der Waals surface area contributed by atoms with E-state index in [1.807, 2.05) is 13.8 Å². The molecule has 21 heavy (non-hydrogen) atoms. The van der Waals surface area contributed by atoms with Crippen LogP contribution < -0.4 is 5.32 Å². The molecule has 1 amide bonds. The number of nitrogens with one attached hydrogen (secondary N) is 1. The van der Waals surface area contributed by atoms with Gasteiger partial charge in [0, 0.05) is 18.0 Å². The number of hydrogen-bond acceptors (Lipinski definition) is 6. The Morgan fingerprint density at radius 1 is 1.62 bits per heavy atom. The average Bonchev–Trinajstić information content (AvgIpc) is 2.91. The molecule has 0 saturated heterocycles. The van der Waals surface area contributed by atoms with Crippen molar-refractivity contribution in [3.05, 3.63) is 40.0 Å². The number of amides is 1. The lowest BCUT2D eigenvalue weighted by Crippen LogP contribution is -2.25. The van der Waals surface area contributed by atoms with Crippen LogP contribution >= 0.6 is 11.3 Å². The topological polar surface area (TPSA) is 80.6 Å². The molecule has 1 heterocycles. The molecule has 0 bridgehead atoms. The summed E-state index contributed by atoms with van der Waals surface area (Å²) in [5.74, 6) is 0.154. The largest absolute Gasteiger partial charge is 0.495 e. The van der Waals surface area contributed by atoms with E-state index in [9.17, 15) is 9.70 Å². The highest BCUT2D eigenvalue weighted by molar-refractivity contribution is 7.13. The van der Waals surface area contributed by atoms with Gasteiger partial charge in [0.05, 0.1) is 17.8 Å². The van der Waals surface area contributed by atoms with Gasteiger partial charge >= 0.3 is 0 Å². The van der Waals surface area contributed by atoms with Crippen molar-refractivity contribution in [2.45, 2.75) is 26.4 Å². The van der Waals surface area contributed by atoms with Crippen LogP contribution in [0.5, 0.6) is 0 Å². The number of carbonyl (C=O) groups is 1. The Morgan fingerprint density at radius 3 is 3.05 bits per heavy atom. The van der Waals surface area contributed by atoms with E-state index in [1.165, 1.54) is 11.3 Å². The number of thiazole rings is 1. The molecule has 7 heteroatoms. The first-order valence-electron chi connectivity index (χ1n) is 6.66. The first kappa shape index (κ1) is 15.4. The van der Waals surface area contributed by atoms with Crippen molar-refractivity contribution >= 4 is 22.4 Å². The highest BCUT2D eigenvalue weighted by atomic mass is 32.1. The lowest BCUT2D eigenvalue weighted by molar-refractivity contribution is -0.118. The van der Waals surface area contributed by atoms with E-state index in [4.69, 9.17) is 4.74 Å². The van der Waals surface area contributed by atoms with E-state index in [0.717, 1.165) is 0 Å². The molecule has 1 atom stereocenters. The van der Waals surface area contributed by atoms with Crippen molar-refractivity contribution in [1.82, 2.24) is 4.98 Å². The summed E-state index contributed by atoms with van der Waals surface area (Å²) in [6.07, 6.45) is 5.66. The fourth-order valence-electron chi connectivity index (χ4n) is 2.06. The maximum absolute atomic E-state index is 12.3. The number of hydrogen-bond donors (Lipinski definition) is 1. The van der Waals surface area contributed by atoms with Gasteiger partial charge in [-0.15, -0.1) is 11.3 Å². The zero-order valence-corrected chi connectivity index (χ0v) is 12.7. The third kappa shape index (κ3) is 4.49. The summed E-state index contributed by atoms with van der Waals surface area (Å²) in [7, 11) is 0. The highest BCUT2D eigenvalue weighted by Crippen LogP contribution is 2.26. The molecule has 1 aromatic rings. The molecule has 112 valence electrons. The molecule has 0 saturated carbocycles. The number of nitrogens with zero attached hydrogens (tertiary/aromatic N) is 2. The third-order valence-electron chi connectivity index (χ3n) is 2.82. The number of nitroso groups, excluding NO2 is 1. The average molecular weight is 307 g/mol. The minimum Gasteiger partial charge on any atom is -0.495 e. The fourth-order valence-corrected chi connectivity index (χ4v) is 2.59. The van der Waals surface area contributed by atoms with Gasteiger partial charge in [0.2, 0.25) is 5.91 Å². The van der Waals surface area contributed by atoms with E-state index in [1.54, 1.807) is 23.7 Å². The summed E-state index contributed by atoms with van der Waals surface area (Å²) < 4.78 is 5.67. The van der Waals surface area contributed by atoms with Crippen molar-refractivity contribution < 1.29 is 9.53 Å². The predicted molar refractivity (Wildman–Crippen MR) is 81.9 cm³/mol. The molecule has 1 aromatic heterocycles. The predicted octanol–water partition coefficient (Wildman–Crippen LogP) is 3.10. The maximum Gasteiger partial charge on any atom is 0.233 e. The minimum absolute atomic E-state index is 0.0162. The second-order valence-electron chi connectivity index (χ2n) is 4.94. The number of carbonyl (C=O) groups excluding carboxylic acids is 1. The lowest BCUT2D eigenvalue weighted by Gasteiger charge is -2.22. The van der Waals surface area contributed by atoms with Gasteiger partial charge in [-0.2, -0.15) is 4.91 Å². The molecule has 1 N–H and O–H groups in total. The zero-order chi connectivity index (χ0) is 15.2. The van der Waals surface area contributed by atoms with Crippen LogP contribution in [0.1, 0.15) is 20.3 Å². The smallest absolute Gasteiger partial charge is 0.233 e. The molecule has 0 radical (unpaired) electrons. The number of rotatable bonds is 6. The number of ether oxygens (including phenoxy) is 1. The Balaban J connectivity index is 2.09. The van der Waals surface area contributed by atoms with Gasteiger partial charge in [-0.05, 0) is 25.5 Å². The quantitative estimate of drug-likeness (QED) is 0.819. The van der Waals surface area contributed by atoms with Crippen molar-refractivity contribution in [2.75, 3.05) is 11.9 Å². The Labute approximate surface area is 126 Å². The zero-order valence-electron chi connectivity index (χ0n) is 11.9. The summed E-state index contributed by atoms with van der Waals surface area (Å²) in [6, 6.07) is 0. The normalized spacial score (nSPS) is 18.0. The summed E-state index contributed by atoms with van der Waals surface area (Å²) in [5.41, 5.74) is 0.700. The summed E-state index contributed by atoms with van der Waals surface area (Å²) in [5, 5.41) is 8.00. The van der Waals surface area contributed by atoms with Gasteiger partial charge < -0.3 is 10.1 Å². The van der Waals surface area contributed by atoms with Gasteiger partial charge in [0.25, 0.3) is 0 Å². The van der Waals surface area contributed by atoms with E-state index in [0.29, 0.717) is 22.9 Å². The third-order valence-corrected chi connectivity index (χ3v) is 3.50. The molecule has 6 nitrogen and oxygen atoms in total. The van der Waals surface area contributed by atoms with Crippen molar-refractivity contribution in [3.63, 3.8) is 0 Å². The summed E-state index contributed by atoms with van der Waals surface area (Å²) in [6.45, 7) is 3.87. The highest BCUT2D eigenvalue weighted by Gasteiger charge is 2.24.